The monoisotopic (exact) mass is 269 g/mol. The molecule has 0 N–H and O–H groups in total. The van der Waals surface area contributed by atoms with E-state index in [2.05, 4.69) is 16.6 Å². The molecule has 1 aliphatic rings. The van der Waals surface area contributed by atoms with E-state index in [0.29, 0.717) is 11.7 Å². The van der Waals surface area contributed by atoms with Gasteiger partial charge in [0.2, 0.25) is 0 Å². The maximum absolute atomic E-state index is 12.3. The van der Waals surface area contributed by atoms with Gasteiger partial charge in [0.15, 0.2) is 0 Å². The van der Waals surface area contributed by atoms with Crippen molar-refractivity contribution in [2.75, 3.05) is 19.6 Å². The van der Waals surface area contributed by atoms with Crippen LogP contribution < -0.4 is 4.74 Å². The number of likely N-dealkylation sites (tertiary alicyclic amines) is 1. The van der Waals surface area contributed by atoms with E-state index in [1.54, 1.807) is 6.07 Å². The second-order valence-corrected chi connectivity index (χ2v) is 5.06. The summed E-state index contributed by atoms with van der Waals surface area (Å²) in [4.78, 5) is 2.42. The number of alkyl halides is 2. The first-order valence-corrected chi connectivity index (χ1v) is 6.88. The Morgan fingerprint density at radius 1 is 1.32 bits per heavy atom. The van der Waals surface area contributed by atoms with Crippen LogP contribution in [0.1, 0.15) is 36.8 Å². The van der Waals surface area contributed by atoms with Gasteiger partial charge in [-0.15, -0.1) is 0 Å². The van der Waals surface area contributed by atoms with E-state index in [1.807, 2.05) is 19.1 Å². The largest absolute Gasteiger partial charge is 0.435 e. The summed E-state index contributed by atoms with van der Waals surface area (Å²) in [5.74, 6) is 0.773. The number of hydrogen-bond donors (Lipinski definition) is 0. The predicted molar refractivity (Wildman–Crippen MR) is 71.9 cm³/mol. The topological polar surface area (TPSA) is 12.5 Å². The van der Waals surface area contributed by atoms with Crippen molar-refractivity contribution in [2.45, 2.75) is 39.2 Å². The molecule has 0 spiro atoms. The van der Waals surface area contributed by atoms with Gasteiger partial charge in [-0.2, -0.15) is 8.78 Å². The molecule has 0 bridgehead atoms. The summed E-state index contributed by atoms with van der Waals surface area (Å²) < 4.78 is 29.3. The van der Waals surface area contributed by atoms with Crippen LogP contribution in [0.15, 0.2) is 18.2 Å². The Labute approximate surface area is 113 Å². The van der Waals surface area contributed by atoms with Gasteiger partial charge in [0.1, 0.15) is 5.75 Å². The van der Waals surface area contributed by atoms with Crippen molar-refractivity contribution < 1.29 is 13.5 Å². The van der Waals surface area contributed by atoms with Crippen molar-refractivity contribution in [2.24, 2.45) is 0 Å². The zero-order valence-electron chi connectivity index (χ0n) is 11.5. The highest BCUT2D eigenvalue weighted by molar-refractivity contribution is 5.41. The minimum atomic E-state index is -2.75. The van der Waals surface area contributed by atoms with E-state index < -0.39 is 6.61 Å². The number of halogens is 2. The van der Waals surface area contributed by atoms with Gasteiger partial charge >= 0.3 is 6.61 Å². The molecule has 19 heavy (non-hydrogen) atoms. The molecule has 106 valence electrons. The van der Waals surface area contributed by atoms with Crippen molar-refractivity contribution in [1.82, 2.24) is 4.90 Å². The van der Waals surface area contributed by atoms with Gasteiger partial charge in [-0.05, 0) is 62.5 Å². The molecule has 2 nitrogen and oxygen atoms in total. The third-order valence-electron chi connectivity index (χ3n) is 4.02. The molecule has 0 unspecified atom stereocenters. The Balaban J connectivity index is 2.12. The Morgan fingerprint density at radius 2 is 2.00 bits per heavy atom. The zero-order chi connectivity index (χ0) is 13.8. The van der Waals surface area contributed by atoms with E-state index >= 15 is 0 Å². The van der Waals surface area contributed by atoms with Crippen LogP contribution in [-0.4, -0.2) is 31.1 Å². The molecule has 1 aromatic rings. The maximum atomic E-state index is 12.3. The zero-order valence-corrected chi connectivity index (χ0v) is 11.5. The summed E-state index contributed by atoms with van der Waals surface area (Å²) in [5, 5.41) is 0. The minimum Gasteiger partial charge on any atom is -0.435 e. The molecule has 1 aliphatic heterocycles. The molecule has 0 aromatic heterocycles. The number of piperidine rings is 1. The molecule has 4 heteroatoms. The van der Waals surface area contributed by atoms with Crippen LogP contribution in [0.25, 0.3) is 0 Å². The average molecular weight is 269 g/mol. The molecule has 1 fully saturated rings. The third kappa shape index (κ3) is 3.44. The Bertz CT molecular complexity index is 415. The highest BCUT2D eigenvalue weighted by Crippen LogP contribution is 2.34. The molecule has 1 saturated heterocycles. The van der Waals surface area contributed by atoms with E-state index in [1.165, 1.54) is 0 Å². The summed E-state index contributed by atoms with van der Waals surface area (Å²) in [6.45, 7) is 4.54. The molecule has 1 heterocycles. The van der Waals surface area contributed by atoms with E-state index in [-0.39, 0.29) is 0 Å². The average Bonchev–Trinajstić information content (AvgIpc) is 2.41. The summed E-state index contributed by atoms with van der Waals surface area (Å²) >= 11 is 0. The van der Waals surface area contributed by atoms with Crippen molar-refractivity contribution in [3.8, 4) is 5.75 Å². The first-order valence-electron chi connectivity index (χ1n) is 6.88. The lowest BCUT2D eigenvalue weighted by Gasteiger charge is -2.32. The normalized spacial score (nSPS) is 17.9. The third-order valence-corrected chi connectivity index (χ3v) is 4.02. The SMILES string of the molecule is CCN1CCC(c2cccc(OC(F)F)c2C)CC1. The van der Waals surface area contributed by atoms with Crippen LogP contribution in [0, 0.1) is 6.92 Å². The molecule has 0 saturated carbocycles. The second kappa shape index (κ2) is 6.33. The van der Waals surface area contributed by atoms with Crippen LogP contribution >= 0.6 is 0 Å². The Morgan fingerprint density at radius 3 is 2.58 bits per heavy atom. The van der Waals surface area contributed by atoms with Gasteiger partial charge in [0.05, 0.1) is 0 Å². The minimum absolute atomic E-state index is 0.311. The van der Waals surface area contributed by atoms with E-state index in [0.717, 1.165) is 43.6 Å². The second-order valence-electron chi connectivity index (χ2n) is 5.06. The van der Waals surface area contributed by atoms with Crippen molar-refractivity contribution in [3.63, 3.8) is 0 Å². The number of rotatable bonds is 4. The number of hydrogen-bond acceptors (Lipinski definition) is 2. The summed E-state index contributed by atoms with van der Waals surface area (Å²) in [5.41, 5.74) is 2.02. The van der Waals surface area contributed by atoms with Gasteiger partial charge in [0, 0.05) is 0 Å². The lowest BCUT2D eigenvalue weighted by atomic mass is 9.86. The molecule has 0 aliphatic carbocycles. The summed E-state index contributed by atoms with van der Waals surface area (Å²) in [6.07, 6.45) is 2.18. The fraction of sp³-hybridized carbons (Fsp3) is 0.600. The van der Waals surface area contributed by atoms with Crippen LogP contribution in [-0.2, 0) is 0 Å². The first-order chi connectivity index (χ1) is 9.11. The molecular weight excluding hydrogens is 248 g/mol. The van der Waals surface area contributed by atoms with Gasteiger partial charge < -0.3 is 9.64 Å². The Kier molecular flexibility index (Phi) is 4.75. The number of ether oxygens (including phenoxy) is 1. The molecule has 0 amide bonds. The van der Waals surface area contributed by atoms with E-state index in [9.17, 15) is 8.78 Å². The van der Waals surface area contributed by atoms with Crippen LogP contribution in [0.3, 0.4) is 0 Å². The summed E-state index contributed by atoms with van der Waals surface area (Å²) in [6, 6.07) is 5.47. The predicted octanol–water partition coefficient (Wildman–Crippen LogP) is 3.80. The standard InChI is InChI=1S/C15H21F2NO/c1-3-18-9-7-12(8-10-18)13-5-4-6-14(11(13)2)19-15(16)17/h4-6,12,15H,3,7-10H2,1-2H3. The first kappa shape index (κ1) is 14.3. The van der Waals surface area contributed by atoms with Gasteiger partial charge in [-0.3, -0.25) is 0 Å². The molecule has 0 atom stereocenters. The smallest absolute Gasteiger partial charge is 0.387 e. The van der Waals surface area contributed by atoms with Crippen molar-refractivity contribution >= 4 is 0 Å². The fourth-order valence-electron chi connectivity index (χ4n) is 2.86. The van der Waals surface area contributed by atoms with E-state index in [4.69, 9.17) is 0 Å². The van der Waals surface area contributed by atoms with Gasteiger partial charge in [-0.25, -0.2) is 0 Å². The summed E-state index contributed by atoms with van der Waals surface area (Å²) in [7, 11) is 0. The highest BCUT2D eigenvalue weighted by Gasteiger charge is 2.22. The maximum Gasteiger partial charge on any atom is 0.387 e. The van der Waals surface area contributed by atoms with Gasteiger partial charge in [0.25, 0.3) is 0 Å². The fourth-order valence-corrected chi connectivity index (χ4v) is 2.86. The molecule has 1 aromatic carbocycles. The van der Waals surface area contributed by atoms with Crippen LogP contribution in [0.4, 0.5) is 8.78 Å². The van der Waals surface area contributed by atoms with Crippen molar-refractivity contribution in [1.29, 1.82) is 0 Å². The van der Waals surface area contributed by atoms with Gasteiger partial charge in [-0.1, -0.05) is 19.1 Å². The van der Waals surface area contributed by atoms with Crippen LogP contribution in [0.5, 0.6) is 5.75 Å². The Hall–Kier alpha value is -1.16. The number of nitrogens with zero attached hydrogens (tertiary/aromatic N) is 1. The molecule has 2 rings (SSSR count). The lowest BCUT2D eigenvalue weighted by molar-refractivity contribution is -0.0503. The molecule has 0 radical (unpaired) electrons. The number of benzene rings is 1. The molecular formula is C15H21F2NO. The quantitative estimate of drug-likeness (QED) is 0.824. The highest BCUT2D eigenvalue weighted by atomic mass is 19.3. The van der Waals surface area contributed by atoms with Crippen molar-refractivity contribution in [3.05, 3.63) is 29.3 Å². The van der Waals surface area contributed by atoms with Crippen LogP contribution in [0.2, 0.25) is 0 Å². The lowest BCUT2D eigenvalue weighted by Crippen LogP contribution is -2.32.